The standard InChI is InChI=1S/C12H17NO.C11H13NO.CH3.BrH.Mg/c1-12(14)7-8-13(10-12)9-11-5-3-2-4-6-11;13-11-6-7-12(9-11)8-10-4-2-1-3-5-10;;;/h2-6,14H,7-10H2,1H3;1-5H,6-9H2;1H3;1H;/q;;-1;;+2/p-1. The molecular formula is C24H33BrMgN2O2. The van der Waals surface area contributed by atoms with E-state index < -0.39 is 5.60 Å². The van der Waals surface area contributed by atoms with E-state index in [4.69, 9.17) is 0 Å². The van der Waals surface area contributed by atoms with Crippen molar-refractivity contribution in [2.24, 2.45) is 0 Å². The van der Waals surface area contributed by atoms with E-state index in [2.05, 4.69) is 46.2 Å². The van der Waals surface area contributed by atoms with Gasteiger partial charge in [0.1, 0.15) is 5.78 Å². The molecule has 0 spiro atoms. The van der Waals surface area contributed by atoms with Crippen LogP contribution in [0.15, 0.2) is 60.7 Å². The van der Waals surface area contributed by atoms with E-state index in [1.165, 1.54) is 11.1 Å². The minimum Gasteiger partial charge on any atom is -1.00 e. The molecule has 4 nitrogen and oxygen atoms in total. The van der Waals surface area contributed by atoms with Crippen molar-refractivity contribution in [2.75, 3.05) is 26.2 Å². The summed E-state index contributed by atoms with van der Waals surface area (Å²) in [6.45, 7) is 7.13. The van der Waals surface area contributed by atoms with Crippen LogP contribution in [0.1, 0.15) is 30.9 Å². The van der Waals surface area contributed by atoms with E-state index in [9.17, 15) is 9.90 Å². The van der Waals surface area contributed by atoms with Crippen molar-refractivity contribution in [3.63, 3.8) is 0 Å². The molecule has 0 aromatic heterocycles. The number of hydrogen-bond donors (Lipinski definition) is 1. The molecule has 2 aromatic rings. The summed E-state index contributed by atoms with van der Waals surface area (Å²) in [5.41, 5.74) is 2.14. The normalized spacial score (nSPS) is 20.9. The number of halogens is 1. The molecule has 1 unspecified atom stereocenters. The summed E-state index contributed by atoms with van der Waals surface area (Å²) in [6, 6.07) is 20.7. The van der Waals surface area contributed by atoms with Crippen LogP contribution in [0.25, 0.3) is 0 Å². The van der Waals surface area contributed by atoms with Crippen LogP contribution >= 0.6 is 0 Å². The molecule has 0 radical (unpaired) electrons. The molecule has 1 atom stereocenters. The smallest absolute Gasteiger partial charge is 1.00 e. The van der Waals surface area contributed by atoms with Crippen LogP contribution < -0.4 is 17.0 Å². The molecule has 1 N–H and O–H groups in total. The van der Waals surface area contributed by atoms with Gasteiger partial charge >= 0.3 is 23.1 Å². The summed E-state index contributed by atoms with van der Waals surface area (Å²) < 4.78 is 0. The zero-order valence-corrected chi connectivity index (χ0v) is 21.3. The molecule has 0 bridgehead atoms. The molecule has 0 saturated carbocycles. The average Bonchev–Trinajstić information content (AvgIpc) is 3.22. The zero-order chi connectivity index (χ0) is 19.1. The molecule has 2 aromatic carbocycles. The molecule has 160 valence electrons. The maximum Gasteiger partial charge on any atom is 2.00 e. The summed E-state index contributed by atoms with van der Waals surface area (Å²) in [5, 5.41) is 9.80. The van der Waals surface area contributed by atoms with Crippen LogP contribution in [0.4, 0.5) is 0 Å². The van der Waals surface area contributed by atoms with Gasteiger partial charge in [0.15, 0.2) is 0 Å². The van der Waals surface area contributed by atoms with E-state index in [1.807, 2.05) is 31.2 Å². The quantitative estimate of drug-likeness (QED) is 0.496. The maximum absolute atomic E-state index is 11.0. The Labute approximate surface area is 208 Å². The Morgan fingerprint density at radius 3 is 1.80 bits per heavy atom. The van der Waals surface area contributed by atoms with Gasteiger partial charge in [0, 0.05) is 39.1 Å². The number of carbonyl (C=O) groups excluding carboxylic acids is 1. The van der Waals surface area contributed by atoms with E-state index in [1.54, 1.807) is 0 Å². The van der Waals surface area contributed by atoms with E-state index >= 15 is 0 Å². The van der Waals surface area contributed by atoms with Gasteiger partial charge in [0.2, 0.25) is 0 Å². The van der Waals surface area contributed by atoms with Crippen LogP contribution in [0.2, 0.25) is 0 Å². The predicted molar refractivity (Wildman–Crippen MR) is 120 cm³/mol. The summed E-state index contributed by atoms with van der Waals surface area (Å²) in [5.74, 6) is 0.371. The number of carbonyl (C=O) groups is 1. The Bertz CT molecular complexity index is 729. The van der Waals surface area contributed by atoms with Gasteiger partial charge in [-0.3, -0.25) is 14.6 Å². The van der Waals surface area contributed by atoms with Gasteiger partial charge in [-0.05, 0) is 24.5 Å². The fourth-order valence-corrected chi connectivity index (χ4v) is 3.68. The molecule has 2 saturated heterocycles. The van der Waals surface area contributed by atoms with Gasteiger partial charge in [-0.15, -0.1) is 0 Å². The van der Waals surface area contributed by atoms with Crippen LogP contribution in [0, 0.1) is 7.43 Å². The van der Waals surface area contributed by atoms with E-state index in [0.717, 1.165) is 45.6 Å². The Morgan fingerprint density at radius 1 is 0.900 bits per heavy atom. The number of hydrogen-bond acceptors (Lipinski definition) is 4. The van der Waals surface area contributed by atoms with E-state index in [-0.39, 0.29) is 47.5 Å². The van der Waals surface area contributed by atoms with Crippen molar-refractivity contribution in [3.05, 3.63) is 79.2 Å². The molecule has 6 heteroatoms. The molecule has 2 heterocycles. The zero-order valence-electron chi connectivity index (χ0n) is 18.3. The second kappa shape index (κ2) is 14.3. The minimum atomic E-state index is -0.477. The number of nitrogens with zero attached hydrogens (tertiary/aromatic N) is 2. The fourth-order valence-electron chi connectivity index (χ4n) is 3.68. The van der Waals surface area contributed by atoms with Gasteiger partial charge < -0.3 is 29.5 Å². The Hall–Kier alpha value is -0.764. The van der Waals surface area contributed by atoms with Crippen molar-refractivity contribution >= 4 is 28.8 Å². The number of β-amino-alcohol motifs (C(OH)–C–C–N with tert-alkyl or cyclic N) is 1. The van der Waals surface area contributed by atoms with Gasteiger partial charge in [0.05, 0.1) is 12.1 Å². The average molecular weight is 486 g/mol. The number of ketones is 1. The summed E-state index contributed by atoms with van der Waals surface area (Å²) in [7, 11) is 0. The second-order valence-corrected chi connectivity index (χ2v) is 7.93. The first-order valence-corrected chi connectivity index (χ1v) is 9.77. The number of rotatable bonds is 4. The molecule has 2 aliphatic rings. The second-order valence-electron chi connectivity index (χ2n) is 7.93. The SMILES string of the molecule is CC1(O)CCN(Cc2ccccc2)C1.O=C1CCN(Cc2ccccc2)C1.[Br-].[CH3-].[Mg+2]. The summed E-state index contributed by atoms with van der Waals surface area (Å²) >= 11 is 0. The maximum atomic E-state index is 11.0. The van der Waals surface area contributed by atoms with Crippen molar-refractivity contribution in [1.29, 1.82) is 0 Å². The first kappa shape index (κ1) is 29.2. The molecule has 2 aliphatic heterocycles. The molecule has 30 heavy (non-hydrogen) atoms. The number of Topliss-reactive ketones (excluding diaryl/α,β-unsaturated/α-hetero) is 1. The molecule has 0 aliphatic carbocycles. The number of likely N-dealkylation sites (tertiary alicyclic amines) is 2. The monoisotopic (exact) mass is 484 g/mol. The van der Waals surface area contributed by atoms with Crippen molar-refractivity contribution in [3.8, 4) is 0 Å². The Morgan fingerprint density at radius 2 is 1.40 bits per heavy atom. The largest absolute Gasteiger partial charge is 2.00 e. The first-order valence-electron chi connectivity index (χ1n) is 9.77. The van der Waals surface area contributed by atoms with Crippen LogP contribution in [0.3, 0.4) is 0 Å². The molecule has 0 amide bonds. The van der Waals surface area contributed by atoms with Crippen LogP contribution in [0.5, 0.6) is 0 Å². The Balaban J connectivity index is 0.000000511. The van der Waals surface area contributed by atoms with Crippen LogP contribution in [-0.2, 0) is 17.9 Å². The third-order valence-electron chi connectivity index (χ3n) is 5.14. The summed E-state index contributed by atoms with van der Waals surface area (Å²) in [6.07, 6.45) is 1.62. The fraction of sp³-hybridized carbons (Fsp3) is 0.417. The van der Waals surface area contributed by atoms with E-state index in [0.29, 0.717) is 12.3 Å². The van der Waals surface area contributed by atoms with Gasteiger partial charge in [-0.1, -0.05) is 60.7 Å². The van der Waals surface area contributed by atoms with Crippen LogP contribution in [-0.4, -0.2) is 75.5 Å². The molecule has 2 fully saturated rings. The van der Waals surface area contributed by atoms with Gasteiger partial charge in [0.25, 0.3) is 0 Å². The van der Waals surface area contributed by atoms with Crippen molar-refractivity contribution in [1.82, 2.24) is 9.80 Å². The number of benzene rings is 2. The summed E-state index contributed by atoms with van der Waals surface area (Å²) in [4.78, 5) is 15.5. The number of aliphatic hydroxyl groups is 1. The van der Waals surface area contributed by atoms with Gasteiger partial charge in [-0.25, -0.2) is 0 Å². The first-order chi connectivity index (χ1) is 13.0. The molecular weight excluding hydrogens is 452 g/mol. The topological polar surface area (TPSA) is 43.8 Å². The third-order valence-corrected chi connectivity index (χ3v) is 5.14. The van der Waals surface area contributed by atoms with Gasteiger partial charge in [-0.2, -0.15) is 0 Å². The predicted octanol–water partition coefficient (Wildman–Crippen LogP) is 0.178. The third kappa shape index (κ3) is 10.0. The minimum absolute atomic E-state index is 0. The van der Waals surface area contributed by atoms with Crippen molar-refractivity contribution in [2.45, 2.75) is 38.5 Å². The van der Waals surface area contributed by atoms with Crippen molar-refractivity contribution < 1.29 is 26.9 Å². The molecule has 4 rings (SSSR count). The Kier molecular flexibility index (Phi) is 14.0.